The Morgan fingerprint density at radius 3 is 2.00 bits per heavy atom. The summed E-state index contributed by atoms with van der Waals surface area (Å²) in [6.45, 7) is 5.19. The van der Waals surface area contributed by atoms with Gasteiger partial charge in [-0.05, 0) is 62.6 Å². The Labute approximate surface area is 240 Å². The Morgan fingerprint density at radius 1 is 0.897 bits per heavy atom. The normalized spacial score (nSPS) is 12.2. The highest BCUT2D eigenvalue weighted by Gasteiger charge is 2.33. The van der Waals surface area contributed by atoms with Gasteiger partial charge in [0.05, 0.1) is 10.6 Å². The maximum Gasteiger partial charge on any atom is 0.264 e. The molecule has 0 saturated carbocycles. The van der Waals surface area contributed by atoms with Crippen molar-refractivity contribution in [3.63, 3.8) is 0 Å². The first kappa shape index (κ1) is 30.5. The van der Waals surface area contributed by atoms with E-state index in [4.69, 9.17) is 23.2 Å². The van der Waals surface area contributed by atoms with Gasteiger partial charge >= 0.3 is 0 Å². The molecule has 0 saturated heterocycles. The highest BCUT2D eigenvalue weighted by atomic mass is 35.5. The smallest absolute Gasteiger partial charge is 0.264 e. The van der Waals surface area contributed by atoms with E-state index in [2.05, 4.69) is 5.32 Å². The number of benzene rings is 3. The summed E-state index contributed by atoms with van der Waals surface area (Å²) in [7, 11) is -4.19. The molecule has 39 heavy (non-hydrogen) atoms. The number of hydrogen-bond acceptors (Lipinski definition) is 4. The number of sulfonamides is 1. The zero-order valence-corrected chi connectivity index (χ0v) is 24.5. The number of carbonyl (C=O) groups is 2. The average Bonchev–Trinajstić information content (AvgIpc) is 2.89. The Balaban J connectivity index is 2.03. The van der Waals surface area contributed by atoms with Crippen LogP contribution < -0.4 is 9.62 Å². The molecule has 0 aliphatic heterocycles. The van der Waals surface area contributed by atoms with E-state index in [1.165, 1.54) is 35.2 Å². The fourth-order valence-corrected chi connectivity index (χ4v) is 6.14. The maximum atomic E-state index is 14.0. The van der Waals surface area contributed by atoms with Crippen LogP contribution in [-0.4, -0.2) is 50.3 Å². The molecule has 0 aromatic heterocycles. The van der Waals surface area contributed by atoms with Crippen LogP contribution in [0.25, 0.3) is 0 Å². The molecule has 0 aliphatic carbocycles. The summed E-state index contributed by atoms with van der Waals surface area (Å²) < 4.78 is 28.6. The van der Waals surface area contributed by atoms with Crippen LogP contribution in [0.4, 0.5) is 5.69 Å². The molecule has 0 bridgehead atoms. The number of amides is 2. The number of anilines is 1. The topological polar surface area (TPSA) is 86.8 Å². The fourth-order valence-electron chi connectivity index (χ4n) is 4.21. The summed E-state index contributed by atoms with van der Waals surface area (Å²) in [5.41, 5.74) is 1.14. The summed E-state index contributed by atoms with van der Waals surface area (Å²) >= 11 is 12.4. The Morgan fingerprint density at radius 2 is 1.46 bits per heavy atom. The average molecular weight is 591 g/mol. The molecule has 208 valence electrons. The number of halogens is 2. The van der Waals surface area contributed by atoms with Gasteiger partial charge in [-0.15, -0.1) is 0 Å². The Kier molecular flexibility index (Phi) is 10.8. The van der Waals surface area contributed by atoms with Gasteiger partial charge in [0.2, 0.25) is 11.8 Å². The van der Waals surface area contributed by atoms with E-state index >= 15 is 0 Å². The van der Waals surface area contributed by atoms with Gasteiger partial charge < -0.3 is 10.2 Å². The van der Waals surface area contributed by atoms with Crippen molar-refractivity contribution >= 4 is 50.7 Å². The highest BCUT2D eigenvalue weighted by molar-refractivity contribution is 7.92. The van der Waals surface area contributed by atoms with Crippen LogP contribution in [0, 0.1) is 0 Å². The predicted octanol–water partition coefficient (Wildman–Crippen LogP) is 5.56. The molecule has 0 aliphatic rings. The van der Waals surface area contributed by atoms with Gasteiger partial charge in [0.15, 0.2) is 0 Å². The quantitative estimate of drug-likeness (QED) is 0.299. The molecule has 0 spiro atoms. The van der Waals surface area contributed by atoms with Crippen molar-refractivity contribution in [2.75, 3.05) is 17.4 Å². The lowest BCUT2D eigenvalue weighted by Crippen LogP contribution is -2.54. The summed E-state index contributed by atoms with van der Waals surface area (Å²) in [6, 6.07) is 20.9. The molecule has 1 unspecified atom stereocenters. The zero-order chi connectivity index (χ0) is 28.6. The van der Waals surface area contributed by atoms with Crippen molar-refractivity contribution < 1.29 is 18.0 Å². The molecule has 3 aromatic carbocycles. The van der Waals surface area contributed by atoms with Gasteiger partial charge in [0.25, 0.3) is 10.0 Å². The standard InChI is InChI=1S/C29H33Cl2N3O4S/c1-4-27(29(36)32-21(2)3)33(16-15-22-11-7-5-8-12-22)28(35)20-34(25-18-23(30)17-24(31)19-25)39(37,38)26-13-9-6-10-14-26/h5-14,17-19,21,27H,4,15-16,20H2,1-3H3,(H,32,36). The van der Waals surface area contributed by atoms with Gasteiger partial charge in [0, 0.05) is 22.6 Å². The van der Waals surface area contributed by atoms with Crippen molar-refractivity contribution in [3.8, 4) is 0 Å². The lowest BCUT2D eigenvalue weighted by molar-refractivity contribution is -0.139. The third kappa shape index (κ3) is 8.21. The van der Waals surface area contributed by atoms with Gasteiger partial charge in [-0.2, -0.15) is 0 Å². The van der Waals surface area contributed by atoms with E-state index in [9.17, 15) is 18.0 Å². The summed E-state index contributed by atoms with van der Waals surface area (Å²) in [4.78, 5) is 28.6. The first-order valence-corrected chi connectivity index (χ1v) is 14.9. The minimum atomic E-state index is -4.19. The molecule has 10 heteroatoms. The van der Waals surface area contributed by atoms with Crippen LogP contribution in [0.15, 0.2) is 83.8 Å². The first-order chi connectivity index (χ1) is 18.5. The van der Waals surface area contributed by atoms with Crippen molar-refractivity contribution in [1.29, 1.82) is 0 Å². The van der Waals surface area contributed by atoms with Crippen molar-refractivity contribution in [1.82, 2.24) is 10.2 Å². The molecule has 2 amide bonds. The second-order valence-electron chi connectivity index (χ2n) is 9.36. The molecule has 1 N–H and O–H groups in total. The SMILES string of the molecule is CCC(C(=O)NC(C)C)N(CCc1ccccc1)C(=O)CN(c1cc(Cl)cc(Cl)c1)S(=O)(=O)c1ccccc1. The lowest BCUT2D eigenvalue weighted by atomic mass is 10.1. The molecular formula is C29H33Cl2N3O4S. The van der Waals surface area contributed by atoms with E-state index in [0.29, 0.717) is 12.8 Å². The lowest BCUT2D eigenvalue weighted by Gasteiger charge is -2.33. The molecule has 3 aromatic rings. The number of nitrogens with one attached hydrogen (secondary N) is 1. The largest absolute Gasteiger partial charge is 0.352 e. The van der Waals surface area contributed by atoms with Crippen LogP contribution in [0.5, 0.6) is 0 Å². The molecule has 0 radical (unpaired) electrons. The monoisotopic (exact) mass is 589 g/mol. The second-order valence-corrected chi connectivity index (χ2v) is 12.1. The van der Waals surface area contributed by atoms with E-state index in [0.717, 1.165) is 9.87 Å². The fraction of sp³-hybridized carbons (Fsp3) is 0.310. The summed E-state index contributed by atoms with van der Waals surface area (Å²) in [6.07, 6.45) is 0.847. The van der Waals surface area contributed by atoms with Gasteiger partial charge in [0.1, 0.15) is 12.6 Å². The van der Waals surface area contributed by atoms with Crippen molar-refractivity contribution in [2.45, 2.75) is 50.6 Å². The van der Waals surface area contributed by atoms with Gasteiger partial charge in [-0.1, -0.05) is 78.7 Å². The van der Waals surface area contributed by atoms with E-state index in [-0.39, 0.29) is 39.1 Å². The molecule has 3 rings (SSSR count). The number of rotatable bonds is 12. The minimum Gasteiger partial charge on any atom is -0.352 e. The van der Waals surface area contributed by atoms with Crippen LogP contribution in [0.2, 0.25) is 10.0 Å². The number of hydrogen-bond donors (Lipinski definition) is 1. The third-order valence-electron chi connectivity index (χ3n) is 6.05. The molecule has 0 fully saturated rings. The zero-order valence-electron chi connectivity index (χ0n) is 22.2. The molecular weight excluding hydrogens is 557 g/mol. The molecule has 7 nitrogen and oxygen atoms in total. The first-order valence-electron chi connectivity index (χ1n) is 12.7. The van der Waals surface area contributed by atoms with Gasteiger partial charge in [-0.25, -0.2) is 8.42 Å². The van der Waals surface area contributed by atoms with Gasteiger partial charge in [-0.3, -0.25) is 13.9 Å². The predicted molar refractivity (Wildman–Crippen MR) is 157 cm³/mol. The van der Waals surface area contributed by atoms with E-state index in [1.54, 1.807) is 18.2 Å². The van der Waals surface area contributed by atoms with E-state index in [1.807, 2.05) is 51.1 Å². The van der Waals surface area contributed by atoms with Crippen molar-refractivity contribution in [3.05, 3.63) is 94.5 Å². The van der Waals surface area contributed by atoms with E-state index < -0.39 is 28.5 Å². The summed E-state index contributed by atoms with van der Waals surface area (Å²) in [5, 5.41) is 3.33. The highest BCUT2D eigenvalue weighted by Crippen LogP contribution is 2.30. The van der Waals surface area contributed by atoms with Crippen LogP contribution in [0.3, 0.4) is 0 Å². The third-order valence-corrected chi connectivity index (χ3v) is 8.27. The molecule has 1 atom stereocenters. The van der Waals surface area contributed by atoms with Crippen LogP contribution >= 0.6 is 23.2 Å². The van der Waals surface area contributed by atoms with Crippen LogP contribution in [0.1, 0.15) is 32.8 Å². The molecule has 0 heterocycles. The number of carbonyl (C=O) groups excluding carboxylic acids is 2. The second kappa shape index (κ2) is 13.8. The minimum absolute atomic E-state index is 0.00864. The summed E-state index contributed by atoms with van der Waals surface area (Å²) in [5.74, 6) is -0.815. The Hall–Kier alpha value is -3.07. The maximum absolute atomic E-state index is 14.0. The van der Waals surface area contributed by atoms with Crippen LogP contribution in [-0.2, 0) is 26.0 Å². The van der Waals surface area contributed by atoms with Crippen molar-refractivity contribution in [2.24, 2.45) is 0 Å². The Bertz CT molecular complexity index is 1350. The number of nitrogens with zero attached hydrogens (tertiary/aromatic N) is 2.